The van der Waals surface area contributed by atoms with Crippen molar-refractivity contribution in [2.24, 2.45) is 33.8 Å². The van der Waals surface area contributed by atoms with Crippen LogP contribution in [0.4, 0.5) is 10.5 Å². The van der Waals surface area contributed by atoms with Crippen molar-refractivity contribution in [2.75, 3.05) is 39.8 Å². The quantitative estimate of drug-likeness (QED) is 0.0188. The number of unbranched alkanes of at least 4 members (excludes halogenated alkanes) is 1. The van der Waals surface area contributed by atoms with Crippen LogP contribution < -0.4 is 47.8 Å². The molecule has 4 aromatic rings. The Morgan fingerprint density at radius 1 is 0.986 bits per heavy atom. The number of hydrogen-bond acceptors (Lipinski definition) is 13. The fourth-order valence-electron chi connectivity index (χ4n) is 10.2. The van der Waals surface area contributed by atoms with Crippen LogP contribution in [-0.4, -0.2) is 120 Å². The summed E-state index contributed by atoms with van der Waals surface area (Å²) in [4.78, 5) is 82.2. The maximum Gasteiger partial charge on any atom is 0.415 e. The number of rotatable bonds is 17. The molecule has 1 saturated carbocycles. The Balaban J connectivity index is 0.000000236. The Bertz CT molecular complexity index is 2710. The van der Waals surface area contributed by atoms with Crippen LogP contribution in [0.3, 0.4) is 0 Å². The van der Waals surface area contributed by atoms with Gasteiger partial charge in [0.1, 0.15) is 24.0 Å². The number of carbonyl (C=O) groups excluding carboxylic acids is 5. The minimum absolute atomic E-state index is 0.00609. The van der Waals surface area contributed by atoms with E-state index < -0.39 is 48.4 Å². The van der Waals surface area contributed by atoms with E-state index in [9.17, 15) is 28.8 Å². The molecular weight excluding hydrogens is 901 g/mol. The zero-order chi connectivity index (χ0) is 50.3. The summed E-state index contributed by atoms with van der Waals surface area (Å²) in [5.41, 5.74) is 25.0. The zero-order valence-corrected chi connectivity index (χ0v) is 39.2. The molecule has 70 heavy (non-hydrogen) atoms. The number of carboxylic acids is 1. The lowest BCUT2D eigenvalue weighted by Crippen LogP contribution is -2.65. The molecule has 370 valence electrons. The van der Waals surface area contributed by atoms with Gasteiger partial charge in [0, 0.05) is 48.6 Å². The Kier molecular flexibility index (Phi) is 15.7. The fraction of sp³-hybridized carbons (Fsp3) is 0.400. The number of amidine groups is 1. The summed E-state index contributed by atoms with van der Waals surface area (Å²) in [6.07, 6.45) is 2.65. The molecule has 1 spiro atoms. The third kappa shape index (κ3) is 11.0. The number of fused-ring (bicyclic) bond motifs is 1. The number of aliphatic carboxylic acids is 1. The summed E-state index contributed by atoms with van der Waals surface area (Å²) < 4.78 is 17.7. The van der Waals surface area contributed by atoms with Gasteiger partial charge in [-0.05, 0) is 136 Å². The number of aliphatic imine (C=N–C) groups is 1. The van der Waals surface area contributed by atoms with Gasteiger partial charge in [0.15, 0.2) is 29.3 Å². The molecule has 0 unspecified atom stereocenters. The van der Waals surface area contributed by atoms with Crippen LogP contribution in [-0.2, 0) is 31.0 Å². The second-order valence-electron chi connectivity index (χ2n) is 17.9. The summed E-state index contributed by atoms with van der Waals surface area (Å²) in [6, 6.07) is 20.3. The lowest BCUT2D eigenvalue weighted by Gasteiger charge is -2.57. The van der Waals surface area contributed by atoms with Crippen molar-refractivity contribution in [1.82, 2.24) is 20.4 Å². The van der Waals surface area contributed by atoms with E-state index in [-0.39, 0.29) is 36.1 Å². The monoisotopic (exact) mass is 960 g/mol. The Morgan fingerprint density at radius 2 is 1.71 bits per heavy atom. The number of carbonyl (C=O) groups is 6. The van der Waals surface area contributed by atoms with Gasteiger partial charge in [0.2, 0.25) is 11.8 Å². The molecule has 1 saturated heterocycles. The van der Waals surface area contributed by atoms with E-state index in [1.165, 1.54) is 4.90 Å². The van der Waals surface area contributed by atoms with Crippen molar-refractivity contribution in [3.05, 3.63) is 95.1 Å². The summed E-state index contributed by atoms with van der Waals surface area (Å²) in [5.74, 6) is -1.40. The number of nitrogens with one attached hydrogen (secondary N) is 3. The predicted octanol–water partition coefficient (Wildman–Crippen LogP) is 3.20. The third-order valence-electron chi connectivity index (χ3n) is 13.5. The van der Waals surface area contributed by atoms with Crippen LogP contribution >= 0.6 is 0 Å². The minimum atomic E-state index is -1.29. The average Bonchev–Trinajstić information content (AvgIpc) is 3.68. The summed E-state index contributed by atoms with van der Waals surface area (Å²) in [7, 11) is 2.15. The SMILES string of the molecule is CCN(CCNC(=O)[C@H](CCCCN)NC(=O)CC(=O)O)C(=O)Oc1ccc2c3c1O[C@H]1C(=O)CC[C@H]4[C@@H](C2)N(C)CC[C@]314.N=C(N)c1ccc2cc(OC(=O)c3ccc(N=C(N)N)cc3)ccc2c1. The lowest BCUT2D eigenvalue weighted by molar-refractivity contribution is -0.142. The highest BCUT2D eigenvalue weighted by atomic mass is 16.6. The van der Waals surface area contributed by atoms with E-state index >= 15 is 0 Å². The molecule has 2 bridgehead atoms. The van der Waals surface area contributed by atoms with Gasteiger partial charge in [0.05, 0.1) is 11.3 Å². The first-order valence-corrected chi connectivity index (χ1v) is 23.3. The van der Waals surface area contributed by atoms with Gasteiger partial charge >= 0.3 is 18.0 Å². The molecule has 4 aliphatic rings. The van der Waals surface area contributed by atoms with Crippen molar-refractivity contribution in [2.45, 2.75) is 81.9 Å². The van der Waals surface area contributed by atoms with Crippen LogP contribution in [0.25, 0.3) is 10.8 Å². The molecule has 12 N–H and O–H groups in total. The molecular formula is C50H60N10O10. The first-order chi connectivity index (χ1) is 33.5. The van der Waals surface area contributed by atoms with E-state index in [0.29, 0.717) is 84.8 Å². The van der Waals surface area contributed by atoms with Crippen molar-refractivity contribution in [1.29, 1.82) is 5.41 Å². The minimum Gasteiger partial charge on any atom is -0.481 e. The molecule has 2 aliphatic carbocycles. The number of nitrogen functional groups attached to an aromatic ring is 1. The largest absolute Gasteiger partial charge is 0.481 e. The summed E-state index contributed by atoms with van der Waals surface area (Å²) in [6.45, 7) is 3.65. The van der Waals surface area contributed by atoms with E-state index in [2.05, 4.69) is 27.6 Å². The highest BCUT2D eigenvalue weighted by Crippen LogP contribution is 2.63. The molecule has 3 amide bonds. The summed E-state index contributed by atoms with van der Waals surface area (Å²) in [5, 5.41) is 23.3. The van der Waals surface area contributed by atoms with Gasteiger partial charge in [-0.25, -0.2) is 14.6 Å². The van der Waals surface area contributed by atoms with Crippen LogP contribution in [0.15, 0.2) is 77.8 Å². The molecule has 0 radical (unpaired) electrons. The van der Waals surface area contributed by atoms with E-state index in [4.69, 9.17) is 47.7 Å². The fourth-order valence-corrected chi connectivity index (χ4v) is 10.2. The first kappa shape index (κ1) is 50.3. The third-order valence-corrected chi connectivity index (χ3v) is 13.5. The molecule has 20 heteroatoms. The Labute approximate surface area is 404 Å². The van der Waals surface area contributed by atoms with Crippen molar-refractivity contribution in [3.63, 3.8) is 0 Å². The molecule has 5 atom stereocenters. The van der Waals surface area contributed by atoms with E-state index in [0.717, 1.165) is 47.7 Å². The number of piperidine rings is 1. The Hall–Kier alpha value is -7.58. The number of Topliss-reactive ketones (excluding diaryl/α,β-unsaturated/α-hetero) is 1. The van der Waals surface area contributed by atoms with Gasteiger partial charge in [-0.2, -0.15) is 0 Å². The maximum atomic E-state index is 13.3. The number of hydrogen-bond donors (Lipinski definition) is 8. The number of benzene rings is 4. The molecule has 2 fully saturated rings. The van der Waals surface area contributed by atoms with Crippen LogP contribution in [0, 0.1) is 11.3 Å². The van der Waals surface area contributed by atoms with Gasteiger partial charge in [0.25, 0.3) is 0 Å². The topological polar surface area (TPSA) is 321 Å². The summed E-state index contributed by atoms with van der Waals surface area (Å²) >= 11 is 0. The molecule has 20 nitrogen and oxygen atoms in total. The predicted molar refractivity (Wildman–Crippen MR) is 260 cm³/mol. The molecule has 4 aromatic carbocycles. The zero-order valence-electron chi connectivity index (χ0n) is 39.2. The van der Waals surface area contributed by atoms with Crippen LogP contribution in [0.2, 0.25) is 0 Å². The highest BCUT2D eigenvalue weighted by Gasteiger charge is 2.65. The Morgan fingerprint density at radius 3 is 2.41 bits per heavy atom. The van der Waals surface area contributed by atoms with Gasteiger partial charge in [-0.1, -0.05) is 24.3 Å². The second-order valence-corrected chi connectivity index (χ2v) is 17.9. The van der Waals surface area contributed by atoms with Crippen LogP contribution in [0.1, 0.15) is 78.9 Å². The number of carboxylic acid groups (broad SMARTS) is 1. The first-order valence-electron chi connectivity index (χ1n) is 23.3. The molecule has 8 rings (SSSR count). The second kappa shape index (κ2) is 21.8. The standard InChI is InChI=1S/C31H43N5O8.C19H17N5O2/c1-3-36(15-13-33-29(41)20(6-4-5-12-32)34-24(38)17-25(39)40)30(42)43-23-10-7-18-16-21-19-8-9-22(37)28-31(19,11-14-35(21)2)26(18)27(23)44-28;20-17(21)14-2-1-13-10-16(8-5-12(13)9-14)26-18(25)11-3-6-15(7-4-11)24-19(22)23/h7,10,19-21,28H,3-6,8-9,11-17,32H2,1-2H3,(H,33,41)(H,34,38)(H,39,40);1-10H,(H3,20,21)(H4,22,23,24)/t19-,20-,21+,28-,31-;/m0./s1. The number of nitrogens with zero attached hydrogens (tertiary/aromatic N) is 3. The van der Waals surface area contributed by atoms with Gasteiger partial charge in [-0.15, -0.1) is 0 Å². The van der Waals surface area contributed by atoms with Gasteiger partial charge in [-0.3, -0.25) is 24.6 Å². The number of guanidine groups is 1. The number of nitrogens with two attached hydrogens (primary N) is 4. The molecule has 2 aliphatic heterocycles. The molecule has 2 heterocycles. The normalized spacial score (nSPS) is 19.8. The number of ether oxygens (including phenoxy) is 3. The van der Waals surface area contributed by atoms with Crippen molar-refractivity contribution >= 4 is 63.9 Å². The number of likely N-dealkylation sites (N-methyl/N-ethyl adjacent to an activating group) is 2. The van der Waals surface area contributed by atoms with E-state index in [1.54, 1.807) is 55.5 Å². The number of likely N-dealkylation sites (tertiary alicyclic amines) is 1. The number of amides is 3. The maximum absolute atomic E-state index is 13.3. The van der Waals surface area contributed by atoms with E-state index in [1.807, 2.05) is 24.3 Å². The number of ketones is 1. The van der Waals surface area contributed by atoms with Crippen molar-refractivity contribution < 1.29 is 48.1 Å². The van der Waals surface area contributed by atoms with Crippen molar-refractivity contribution in [3.8, 4) is 17.2 Å². The lowest BCUT2D eigenvalue weighted by atomic mass is 9.52. The average molecular weight is 961 g/mol. The number of esters is 1. The molecule has 0 aromatic heterocycles. The highest BCUT2D eigenvalue weighted by molar-refractivity contribution is 6.00. The van der Waals surface area contributed by atoms with Crippen LogP contribution in [0.5, 0.6) is 17.2 Å². The smallest absolute Gasteiger partial charge is 0.415 e. The van der Waals surface area contributed by atoms with Gasteiger partial charge < -0.3 is 62.7 Å².